The Morgan fingerprint density at radius 1 is 1.79 bits per heavy atom. The topological polar surface area (TPSA) is 90.9 Å². The third-order valence-electron chi connectivity index (χ3n) is 1.75. The average Bonchev–Trinajstić information content (AvgIpc) is 2.67. The van der Waals surface area contributed by atoms with E-state index >= 15 is 0 Å². The van der Waals surface area contributed by atoms with Gasteiger partial charge in [0.25, 0.3) is 5.91 Å². The third kappa shape index (κ3) is 3.14. The molecule has 0 radical (unpaired) electrons. The molecule has 1 aromatic rings. The van der Waals surface area contributed by atoms with E-state index in [1.807, 2.05) is 6.92 Å². The van der Waals surface area contributed by atoms with Crippen molar-refractivity contribution in [1.82, 2.24) is 20.5 Å². The number of nitrogens with one attached hydrogen (secondary N) is 2. The largest absolute Gasteiger partial charge is 0.391 e. The molecule has 1 heterocycles. The summed E-state index contributed by atoms with van der Waals surface area (Å²) in [6, 6.07) is 0. The Hall–Kier alpha value is -1.43. The van der Waals surface area contributed by atoms with Crippen molar-refractivity contribution in [3.05, 3.63) is 12.2 Å². The van der Waals surface area contributed by atoms with E-state index in [0.29, 0.717) is 6.42 Å². The Labute approximate surface area is 81.7 Å². The third-order valence-corrected chi connectivity index (χ3v) is 1.75. The highest BCUT2D eigenvalue weighted by Crippen LogP contribution is 1.94. The fourth-order valence-electron chi connectivity index (χ4n) is 1.04. The number of hydrogen-bond acceptors (Lipinski definition) is 4. The monoisotopic (exact) mass is 198 g/mol. The molecule has 0 spiro atoms. The van der Waals surface area contributed by atoms with Gasteiger partial charge in [0, 0.05) is 6.54 Å². The molecule has 6 nitrogen and oxygen atoms in total. The highest BCUT2D eigenvalue weighted by Gasteiger charge is 2.09. The lowest BCUT2D eigenvalue weighted by atomic mass is 10.2. The first-order valence-corrected chi connectivity index (χ1v) is 4.55. The van der Waals surface area contributed by atoms with Crippen molar-refractivity contribution in [1.29, 1.82) is 0 Å². The molecule has 1 aromatic heterocycles. The number of carbonyl (C=O) groups is 1. The molecule has 0 aliphatic carbocycles. The zero-order valence-corrected chi connectivity index (χ0v) is 8.03. The Bertz CT molecular complexity index is 273. The minimum Gasteiger partial charge on any atom is -0.391 e. The number of aliphatic hydroxyl groups excluding tert-OH is 1. The average molecular weight is 198 g/mol. The molecule has 6 heteroatoms. The summed E-state index contributed by atoms with van der Waals surface area (Å²) in [6.45, 7) is 2.22. The van der Waals surface area contributed by atoms with E-state index in [-0.39, 0.29) is 18.3 Å². The molecule has 1 rings (SSSR count). The van der Waals surface area contributed by atoms with Gasteiger partial charge >= 0.3 is 0 Å². The number of nitrogens with zero attached hydrogens (tertiary/aromatic N) is 2. The molecule has 0 aliphatic heterocycles. The number of amides is 1. The van der Waals surface area contributed by atoms with Crippen molar-refractivity contribution in [3.63, 3.8) is 0 Å². The molecule has 0 saturated heterocycles. The number of aromatic nitrogens is 3. The van der Waals surface area contributed by atoms with Crippen molar-refractivity contribution < 1.29 is 9.90 Å². The summed E-state index contributed by atoms with van der Waals surface area (Å²) in [4.78, 5) is 14.9. The second kappa shape index (κ2) is 5.33. The summed E-state index contributed by atoms with van der Waals surface area (Å²) in [5.41, 5.74) is 0. The van der Waals surface area contributed by atoms with E-state index < -0.39 is 6.10 Å². The molecule has 1 atom stereocenters. The summed E-state index contributed by atoms with van der Waals surface area (Å²) < 4.78 is 0. The summed E-state index contributed by atoms with van der Waals surface area (Å²) in [7, 11) is 0. The number of carbonyl (C=O) groups excluding carboxylic acids is 1. The van der Waals surface area contributed by atoms with Crippen LogP contribution in [0.2, 0.25) is 0 Å². The minimum absolute atomic E-state index is 0.161. The second-order valence-electron chi connectivity index (χ2n) is 2.99. The van der Waals surface area contributed by atoms with Crippen LogP contribution < -0.4 is 5.32 Å². The normalized spacial score (nSPS) is 12.4. The Morgan fingerprint density at radius 2 is 2.57 bits per heavy atom. The number of aromatic amines is 1. The lowest BCUT2D eigenvalue weighted by Gasteiger charge is -2.09. The van der Waals surface area contributed by atoms with Crippen LogP contribution in [0, 0.1) is 0 Å². The summed E-state index contributed by atoms with van der Waals surface area (Å²) in [5.74, 6) is -0.189. The number of aliphatic hydroxyl groups is 1. The van der Waals surface area contributed by atoms with E-state index in [2.05, 4.69) is 20.5 Å². The molecule has 78 valence electrons. The second-order valence-corrected chi connectivity index (χ2v) is 2.99. The first-order valence-electron chi connectivity index (χ1n) is 4.55. The van der Waals surface area contributed by atoms with Crippen LogP contribution in [0.25, 0.3) is 0 Å². The van der Waals surface area contributed by atoms with E-state index in [9.17, 15) is 9.90 Å². The van der Waals surface area contributed by atoms with Gasteiger partial charge in [-0.15, -0.1) is 0 Å². The molecule has 3 N–H and O–H groups in total. The zero-order valence-electron chi connectivity index (χ0n) is 8.03. The molecule has 1 amide bonds. The van der Waals surface area contributed by atoms with Crippen LogP contribution in [0.5, 0.6) is 0 Å². The van der Waals surface area contributed by atoms with Crippen molar-refractivity contribution in [2.24, 2.45) is 0 Å². The quantitative estimate of drug-likeness (QED) is 0.605. The molecule has 0 aliphatic rings. The van der Waals surface area contributed by atoms with Gasteiger partial charge < -0.3 is 10.4 Å². The maximum atomic E-state index is 11.3. The van der Waals surface area contributed by atoms with Crippen molar-refractivity contribution in [3.8, 4) is 0 Å². The van der Waals surface area contributed by atoms with Crippen LogP contribution in [-0.2, 0) is 0 Å². The minimum atomic E-state index is -0.494. The summed E-state index contributed by atoms with van der Waals surface area (Å²) in [5, 5.41) is 17.9. The number of hydrogen-bond donors (Lipinski definition) is 3. The zero-order chi connectivity index (χ0) is 10.4. The van der Waals surface area contributed by atoms with Crippen LogP contribution in [0.4, 0.5) is 0 Å². The van der Waals surface area contributed by atoms with Gasteiger partial charge in [-0.25, -0.2) is 4.98 Å². The van der Waals surface area contributed by atoms with Gasteiger partial charge in [0.05, 0.1) is 6.10 Å². The van der Waals surface area contributed by atoms with E-state index in [0.717, 1.165) is 6.42 Å². The SMILES string of the molecule is CCCC(O)CNC(=O)c1ncn[nH]1. The van der Waals surface area contributed by atoms with Crippen LogP contribution in [0.15, 0.2) is 6.33 Å². The van der Waals surface area contributed by atoms with Crippen LogP contribution in [-0.4, -0.2) is 38.8 Å². The van der Waals surface area contributed by atoms with Crippen molar-refractivity contribution >= 4 is 5.91 Å². The maximum absolute atomic E-state index is 11.3. The smallest absolute Gasteiger partial charge is 0.288 e. The van der Waals surface area contributed by atoms with Gasteiger partial charge in [0.1, 0.15) is 6.33 Å². The molecule has 1 unspecified atom stereocenters. The van der Waals surface area contributed by atoms with E-state index in [1.54, 1.807) is 0 Å². The number of rotatable bonds is 5. The van der Waals surface area contributed by atoms with Gasteiger partial charge in [0.2, 0.25) is 5.82 Å². The Morgan fingerprint density at radius 3 is 3.14 bits per heavy atom. The van der Waals surface area contributed by atoms with Gasteiger partial charge in [-0.1, -0.05) is 13.3 Å². The molecule has 0 aromatic carbocycles. The molecule has 0 fully saturated rings. The molecule has 0 bridgehead atoms. The Kier molecular flexibility index (Phi) is 4.06. The van der Waals surface area contributed by atoms with E-state index in [4.69, 9.17) is 0 Å². The first-order chi connectivity index (χ1) is 6.74. The number of H-pyrrole nitrogens is 1. The highest BCUT2D eigenvalue weighted by atomic mass is 16.3. The lowest BCUT2D eigenvalue weighted by molar-refractivity contribution is 0.0900. The van der Waals surface area contributed by atoms with Crippen LogP contribution in [0.1, 0.15) is 30.4 Å². The molecular weight excluding hydrogens is 184 g/mol. The molecule has 14 heavy (non-hydrogen) atoms. The molecular formula is C8H14N4O2. The van der Waals surface area contributed by atoms with Gasteiger partial charge in [-0.3, -0.25) is 9.89 Å². The standard InChI is InChI=1S/C8H14N4O2/c1-2-3-6(13)4-9-8(14)7-10-5-11-12-7/h5-6,13H,2-4H2,1H3,(H,9,14)(H,10,11,12). The van der Waals surface area contributed by atoms with Crippen LogP contribution >= 0.6 is 0 Å². The predicted molar refractivity (Wildman–Crippen MR) is 49.6 cm³/mol. The van der Waals surface area contributed by atoms with E-state index in [1.165, 1.54) is 6.33 Å². The fourth-order valence-corrected chi connectivity index (χ4v) is 1.04. The first kappa shape index (κ1) is 10.6. The van der Waals surface area contributed by atoms with Gasteiger partial charge in [-0.05, 0) is 6.42 Å². The lowest BCUT2D eigenvalue weighted by Crippen LogP contribution is -2.32. The van der Waals surface area contributed by atoms with Crippen molar-refractivity contribution in [2.45, 2.75) is 25.9 Å². The summed E-state index contributed by atoms with van der Waals surface area (Å²) >= 11 is 0. The fraction of sp³-hybridized carbons (Fsp3) is 0.625. The Balaban J connectivity index is 2.28. The predicted octanol–water partition coefficient (Wildman–Crippen LogP) is -0.305. The van der Waals surface area contributed by atoms with Gasteiger partial charge in [0.15, 0.2) is 0 Å². The summed E-state index contributed by atoms with van der Waals surface area (Å²) in [6.07, 6.45) is 2.33. The van der Waals surface area contributed by atoms with Gasteiger partial charge in [-0.2, -0.15) is 5.10 Å². The molecule has 0 saturated carbocycles. The maximum Gasteiger partial charge on any atom is 0.288 e. The highest BCUT2D eigenvalue weighted by molar-refractivity contribution is 5.90. The van der Waals surface area contributed by atoms with Crippen molar-refractivity contribution in [2.75, 3.05) is 6.54 Å². The van der Waals surface area contributed by atoms with Crippen LogP contribution in [0.3, 0.4) is 0 Å².